The molecule has 0 saturated carbocycles. The number of aliphatic hydroxyl groups is 2. The van der Waals surface area contributed by atoms with Crippen LogP contribution in [0.4, 0.5) is 5.69 Å². The number of imide groups is 1. The van der Waals surface area contributed by atoms with E-state index in [0.29, 0.717) is 24.1 Å². The van der Waals surface area contributed by atoms with Gasteiger partial charge in [-0.05, 0) is 42.9 Å². The Kier molecular flexibility index (Phi) is 6.20. The minimum Gasteiger partial charge on any atom is -0.343 e. The highest BCUT2D eigenvalue weighted by Crippen LogP contribution is 2.42. The van der Waals surface area contributed by atoms with Crippen LogP contribution in [0.15, 0.2) is 48.7 Å². The van der Waals surface area contributed by atoms with Gasteiger partial charge in [-0.2, -0.15) is 0 Å². The number of likely N-dealkylation sites (tertiary alicyclic amines) is 1. The van der Waals surface area contributed by atoms with Crippen LogP contribution >= 0.6 is 0 Å². The lowest BCUT2D eigenvalue weighted by Gasteiger charge is -2.39. The Morgan fingerprint density at radius 3 is 2.44 bits per heavy atom. The number of nitrogens with zero attached hydrogens (tertiary/aromatic N) is 3. The summed E-state index contributed by atoms with van der Waals surface area (Å²) in [5.41, 5.74) is 3.92. The van der Waals surface area contributed by atoms with Gasteiger partial charge in [-0.25, -0.2) is 0 Å². The maximum atomic E-state index is 13.4. The number of amides is 3. The number of pyridine rings is 1. The van der Waals surface area contributed by atoms with Crippen molar-refractivity contribution in [1.29, 1.82) is 0 Å². The largest absolute Gasteiger partial charge is 0.343 e. The van der Waals surface area contributed by atoms with E-state index in [-0.39, 0.29) is 31.1 Å². The van der Waals surface area contributed by atoms with Gasteiger partial charge in [0.15, 0.2) is 0 Å². The smallest absolute Gasteiger partial charge is 0.278 e. The Balaban J connectivity index is 1.05. The predicted octanol–water partition coefficient (Wildman–Crippen LogP) is 2.37. The molecular weight excluding hydrogens is 524 g/mol. The second-order valence-electron chi connectivity index (χ2n) is 11.8. The van der Waals surface area contributed by atoms with Crippen LogP contribution in [-0.4, -0.2) is 68.5 Å². The number of rotatable bonds is 5. The normalized spacial score (nSPS) is 23.5. The third-order valence-electron chi connectivity index (χ3n) is 9.06. The van der Waals surface area contributed by atoms with Crippen LogP contribution in [0, 0.1) is 0 Å². The van der Waals surface area contributed by atoms with Gasteiger partial charge in [-0.1, -0.05) is 36.4 Å². The number of anilines is 1. The van der Waals surface area contributed by atoms with Gasteiger partial charge in [-0.3, -0.25) is 34.5 Å². The molecule has 4 aliphatic heterocycles. The summed E-state index contributed by atoms with van der Waals surface area (Å²) in [6, 6.07) is 13.3. The molecule has 0 radical (unpaired) electrons. The number of hydrogen-bond donors (Lipinski definition) is 3. The van der Waals surface area contributed by atoms with Crippen molar-refractivity contribution in [2.24, 2.45) is 0 Å². The third-order valence-corrected chi connectivity index (χ3v) is 9.06. The summed E-state index contributed by atoms with van der Waals surface area (Å²) < 4.78 is 5.58. The average Bonchev–Trinajstić information content (AvgIpc) is 3.41. The quantitative estimate of drug-likeness (QED) is 0.322. The molecule has 3 aromatic rings. The van der Waals surface area contributed by atoms with Gasteiger partial charge in [0.1, 0.15) is 6.04 Å². The molecule has 3 fully saturated rings. The number of benzene rings is 2. The minimum atomic E-state index is -1.99. The molecule has 1 aromatic heterocycles. The standard InChI is InChI=1S/C31H32N4O6/c36-26-9-8-24(28(37)33-26)35-25-17-32-23(21-2-1-3-22(27(21)25)29(35)38)16-19-4-6-20(7-5-19)18-34-14-12-30(13-15-34)10-11-31(39,40)41-30/h1-7,17,24,39-40H,8-16,18H2,(H,33,36,37). The topological polar surface area (TPSA) is 132 Å². The molecule has 0 bridgehead atoms. The van der Waals surface area contributed by atoms with E-state index in [4.69, 9.17) is 9.72 Å². The van der Waals surface area contributed by atoms with E-state index in [9.17, 15) is 24.6 Å². The molecule has 4 aliphatic rings. The van der Waals surface area contributed by atoms with E-state index in [2.05, 4.69) is 34.5 Å². The molecule has 1 unspecified atom stereocenters. The Morgan fingerprint density at radius 1 is 0.976 bits per heavy atom. The van der Waals surface area contributed by atoms with Crippen molar-refractivity contribution in [3.05, 3.63) is 71.0 Å². The summed E-state index contributed by atoms with van der Waals surface area (Å²) in [4.78, 5) is 46.2. The maximum Gasteiger partial charge on any atom is 0.278 e. The molecule has 1 spiro atoms. The van der Waals surface area contributed by atoms with Crippen molar-refractivity contribution < 1.29 is 29.3 Å². The van der Waals surface area contributed by atoms with Gasteiger partial charge in [-0.15, -0.1) is 0 Å². The van der Waals surface area contributed by atoms with Gasteiger partial charge in [0, 0.05) is 55.2 Å². The predicted molar refractivity (Wildman–Crippen MR) is 149 cm³/mol. The second-order valence-corrected chi connectivity index (χ2v) is 11.8. The van der Waals surface area contributed by atoms with Crippen molar-refractivity contribution in [3.63, 3.8) is 0 Å². The fourth-order valence-electron chi connectivity index (χ4n) is 6.84. The lowest BCUT2D eigenvalue weighted by atomic mass is 9.88. The number of carbonyl (C=O) groups is 3. The molecule has 41 heavy (non-hydrogen) atoms. The van der Waals surface area contributed by atoms with Crippen LogP contribution < -0.4 is 10.2 Å². The van der Waals surface area contributed by atoms with E-state index in [1.165, 1.54) is 10.5 Å². The summed E-state index contributed by atoms with van der Waals surface area (Å²) in [7, 11) is 0. The Morgan fingerprint density at radius 2 is 1.73 bits per heavy atom. The van der Waals surface area contributed by atoms with Crippen molar-refractivity contribution in [3.8, 4) is 0 Å². The first-order chi connectivity index (χ1) is 19.7. The molecule has 2 aromatic carbocycles. The minimum absolute atomic E-state index is 0.197. The Hall–Kier alpha value is -3.70. The first-order valence-corrected chi connectivity index (χ1v) is 14.2. The summed E-state index contributed by atoms with van der Waals surface area (Å²) in [5.74, 6) is -2.99. The van der Waals surface area contributed by atoms with E-state index in [1.807, 2.05) is 12.1 Å². The summed E-state index contributed by atoms with van der Waals surface area (Å²) >= 11 is 0. The highest BCUT2D eigenvalue weighted by atomic mass is 16.8. The van der Waals surface area contributed by atoms with Crippen molar-refractivity contribution in [2.75, 3.05) is 18.0 Å². The molecule has 1 atom stereocenters. The average molecular weight is 557 g/mol. The number of aromatic nitrogens is 1. The molecule has 3 amide bonds. The number of hydrogen-bond acceptors (Lipinski definition) is 8. The van der Waals surface area contributed by atoms with Gasteiger partial charge in [0.05, 0.1) is 23.2 Å². The van der Waals surface area contributed by atoms with Crippen LogP contribution in [0.3, 0.4) is 0 Å². The van der Waals surface area contributed by atoms with Gasteiger partial charge < -0.3 is 14.9 Å². The summed E-state index contributed by atoms with van der Waals surface area (Å²) in [5, 5.41) is 23.6. The lowest BCUT2D eigenvalue weighted by molar-refractivity contribution is -0.346. The highest BCUT2D eigenvalue weighted by molar-refractivity contribution is 6.27. The van der Waals surface area contributed by atoms with Crippen molar-refractivity contribution >= 4 is 34.2 Å². The Bertz CT molecular complexity index is 1560. The van der Waals surface area contributed by atoms with Crippen LogP contribution in [-0.2, 0) is 27.3 Å². The zero-order valence-corrected chi connectivity index (χ0v) is 22.6. The molecule has 0 aliphatic carbocycles. The van der Waals surface area contributed by atoms with Crippen LogP contribution in [0.5, 0.6) is 0 Å². The van der Waals surface area contributed by atoms with E-state index in [1.54, 1.807) is 12.3 Å². The first-order valence-electron chi connectivity index (χ1n) is 14.2. The van der Waals surface area contributed by atoms with Crippen LogP contribution in [0.25, 0.3) is 10.8 Å². The molecular formula is C31H32N4O6. The zero-order valence-electron chi connectivity index (χ0n) is 22.6. The van der Waals surface area contributed by atoms with Gasteiger partial charge in [0.2, 0.25) is 11.8 Å². The Labute approximate surface area is 236 Å². The molecule has 10 nitrogen and oxygen atoms in total. The highest BCUT2D eigenvalue weighted by Gasteiger charge is 2.49. The first kappa shape index (κ1) is 26.2. The van der Waals surface area contributed by atoms with Crippen molar-refractivity contribution in [2.45, 2.75) is 69.1 Å². The van der Waals surface area contributed by atoms with Crippen LogP contribution in [0.2, 0.25) is 0 Å². The second kappa shape index (κ2) is 9.70. The van der Waals surface area contributed by atoms with E-state index >= 15 is 0 Å². The molecule has 5 heterocycles. The van der Waals surface area contributed by atoms with Gasteiger partial charge >= 0.3 is 0 Å². The number of piperidine rings is 2. The zero-order chi connectivity index (χ0) is 28.4. The SMILES string of the molecule is O=C1CCC(N2C(=O)c3cccc4c(Cc5ccc(CN6CCC7(CC6)CCC(O)(O)O7)cc5)ncc2c34)C(=O)N1. The molecule has 3 saturated heterocycles. The number of ether oxygens (including phenoxy) is 1. The summed E-state index contributed by atoms with van der Waals surface area (Å²) in [6.07, 6.45) is 5.27. The van der Waals surface area contributed by atoms with Gasteiger partial charge in [0.25, 0.3) is 11.9 Å². The third kappa shape index (κ3) is 4.70. The summed E-state index contributed by atoms with van der Waals surface area (Å²) in [6.45, 7) is 2.51. The fraction of sp³-hybridized carbons (Fsp3) is 0.419. The van der Waals surface area contributed by atoms with E-state index < -0.39 is 23.5 Å². The van der Waals surface area contributed by atoms with Crippen LogP contribution in [0.1, 0.15) is 65.7 Å². The number of carbonyl (C=O) groups excluding carboxylic acids is 3. The maximum absolute atomic E-state index is 13.4. The molecule has 7 rings (SSSR count). The van der Waals surface area contributed by atoms with Crippen molar-refractivity contribution in [1.82, 2.24) is 15.2 Å². The molecule has 3 N–H and O–H groups in total. The van der Waals surface area contributed by atoms with E-state index in [0.717, 1.165) is 54.5 Å². The monoisotopic (exact) mass is 556 g/mol. The lowest BCUT2D eigenvalue weighted by Crippen LogP contribution is -2.53. The molecule has 212 valence electrons. The fourth-order valence-corrected chi connectivity index (χ4v) is 6.84. The number of nitrogens with one attached hydrogen (secondary N) is 1. The molecule has 10 heteroatoms.